The third-order valence-electron chi connectivity index (χ3n) is 8.05. The van der Waals surface area contributed by atoms with Crippen molar-refractivity contribution in [3.8, 4) is 0 Å². The van der Waals surface area contributed by atoms with E-state index in [1.807, 2.05) is 12.2 Å². The lowest BCUT2D eigenvalue weighted by atomic mass is 10.1. The minimum atomic E-state index is -0.826. The van der Waals surface area contributed by atoms with Crippen molar-refractivity contribution in [3.05, 3.63) is 109 Å². The normalized spacial score (nSPS) is 13.4. The molecule has 0 unspecified atom stereocenters. The lowest BCUT2D eigenvalue weighted by molar-refractivity contribution is -0.161. The first kappa shape index (κ1) is 48.6. The van der Waals surface area contributed by atoms with Crippen molar-refractivity contribution < 1.29 is 24.2 Å². The molecule has 0 spiro atoms. The minimum absolute atomic E-state index is 0.126. The van der Waals surface area contributed by atoms with Gasteiger partial charge in [0.15, 0.2) is 6.10 Å². The Morgan fingerprint density at radius 2 is 0.808 bits per heavy atom. The molecule has 5 heteroatoms. The number of rotatable bonds is 35. The Balaban J connectivity index is 3.79. The summed E-state index contributed by atoms with van der Waals surface area (Å²) in [5, 5.41) is 9.55. The largest absolute Gasteiger partial charge is 0.462 e. The van der Waals surface area contributed by atoms with Gasteiger partial charge in [0, 0.05) is 12.8 Å². The van der Waals surface area contributed by atoms with E-state index in [2.05, 4.69) is 111 Å². The topological polar surface area (TPSA) is 72.8 Å². The number of unbranched alkanes of at least 4 members (excludes halogenated alkanes) is 9. The second kappa shape index (κ2) is 42.0. The maximum atomic E-state index is 12.2. The number of allylic oxidation sites excluding steroid dienone is 18. The summed E-state index contributed by atoms with van der Waals surface area (Å²) >= 11 is 0. The van der Waals surface area contributed by atoms with Crippen molar-refractivity contribution in [2.75, 3.05) is 13.2 Å². The molecule has 292 valence electrons. The van der Waals surface area contributed by atoms with Gasteiger partial charge < -0.3 is 14.6 Å². The van der Waals surface area contributed by atoms with Gasteiger partial charge in [-0.1, -0.05) is 155 Å². The van der Waals surface area contributed by atoms with Crippen LogP contribution in [0.4, 0.5) is 0 Å². The number of esters is 2. The Morgan fingerprint density at radius 3 is 1.19 bits per heavy atom. The van der Waals surface area contributed by atoms with E-state index in [0.29, 0.717) is 12.8 Å². The van der Waals surface area contributed by atoms with Gasteiger partial charge in [0.05, 0.1) is 6.61 Å². The molecule has 5 nitrogen and oxygen atoms in total. The fraction of sp³-hybridized carbons (Fsp3) is 0.574. The fourth-order valence-electron chi connectivity index (χ4n) is 4.93. The van der Waals surface area contributed by atoms with Gasteiger partial charge >= 0.3 is 11.9 Å². The van der Waals surface area contributed by atoms with Gasteiger partial charge in [0.25, 0.3) is 0 Å². The van der Waals surface area contributed by atoms with Crippen LogP contribution < -0.4 is 0 Å². The van der Waals surface area contributed by atoms with Crippen LogP contribution >= 0.6 is 0 Å². The molecule has 0 aromatic rings. The van der Waals surface area contributed by atoms with E-state index in [1.165, 1.54) is 51.4 Å². The molecule has 1 atom stereocenters. The molecule has 0 aromatic carbocycles. The summed E-state index contributed by atoms with van der Waals surface area (Å²) in [5.41, 5.74) is 0. The number of ether oxygens (including phenoxy) is 2. The maximum absolute atomic E-state index is 12.2. The molecule has 0 heterocycles. The predicted octanol–water partition coefficient (Wildman–Crippen LogP) is 13.1. The van der Waals surface area contributed by atoms with E-state index >= 15 is 0 Å². The number of carbonyl (C=O) groups excluding carboxylic acids is 2. The zero-order chi connectivity index (χ0) is 37.8. The van der Waals surface area contributed by atoms with Gasteiger partial charge in [-0.05, 0) is 96.3 Å². The van der Waals surface area contributed by atoms with E-state index in [1.54, 1.807) is 0 Å². The Kier molecular flexibility index (Phi) is 39.2. The second-order valence-electron chi connectivity index (χ2n) is 13.0. The second-order valence-corrected chi connectivity index (χ2v) is 13.0. The molecule has 0 radical (unpaired) electrons. The third-order valence-corrected chi connectivity index (χ3v) is 8.05. The van der Waals surface area contributed by atoms with Crippen LogP contribution in [0.5, 0.6) is 0 Å². The monoisotopic (exact) mass is 719 g/mol. The maximum Gasteiger partial charge on any atom is 0.306 e. The van der Waals surface area contributed by atoms with Crippen LogP contribution in [0.1, 0.15) is 155 Å². The van der Waals surface area contributed by atoms with Crippen molar-refractivity contribution in [3.63, 3.8) is 0 Å². The third kappa shape index (κ3) is 39.3. The average molecular weight is 719 g/mol. The summed E-state index contributed by atoms with van der Waals surface area (Å²) in [6.45, 7) is 3.97. The summed E-state index contributed by atoms with van der Waals surface area (Å²) in [5.74, 6) is -0.735. The first-order valence-corrected chi connectivity index (χ1v) is 20.4. The highest BCUT2D eigenvalue weighted by atomic mass is 16.6. The average Bonchev–Trinajstić information content (AvgIpc) is 3.15. The molecule has 0 amide bonds. The van der Waals surface area contributed by atoms with Crippen LogP contribution in [-0.2, 0) is 19.1 Å². The fourth-order valence-corrected chi connectivity index (χ4v) is 4.93. The van der Waals surface area contributed by atoms with Gasteiger partial charge in [0.2, 0.25) is 0 Å². The quantitative estimate of drug-likeness (QED) is 0.0401. The van der Waals surface area contributed by atoms with E-state index < -0.39 is 6.10 Å². The molecule has 0 aliphatic rings. The van der Waals surface area contributed by atoms with Crippen LogP contribution in [0.2, 0.25) is 0 Å². The lowest BCUT2D eigenvalue weighted by Gasteiger charge is -2.15. The molecule has 0 saturated carbocycles. The van der Waals surface area contributed by atoms with Crippen molar-refractivity contribution in [2.24, 2.45) is 0 Å². The molecule has 52 heavy (non-hydrogen) atoms. The smallest absolute Gasteiger partial charge is 0.306 e. The van der Waals surface area contributed by atoms with Crippen LogP contribution in [0, 0.1) is 0 Å². The molecule has 0 rings (SSSR count). The molecule has 0 aliphatic carbocycles. The predicted molar refractivity (Wildman–Crippen MR) is 223 cm³/mol. The Labute approximate surface area is 319 Å². The van der Waals surface area contributed by atoms with Crippen molar-refractivity contribution in [2.45, 2.75) is 161 Å². The SMILES string of the molecule is CCCCC/C=C\C/C=C\C/C=C\C/C=C\C/C=C\CCC(=O)OC[C@H](CO)OC(=O)CCCCC/C=C\C/C=C\C/C=C\C/C=C\CCCCC. The molecule has 0 aromatic heterocycles. The molecule has 0 saturated heterocycles. The number of aliphatic hydroxyl groups is 1. The molecule has 0 aliphatic heterocycles. The van der Waals surface area contributed by atoms with Gasteiger partial charge in [-0.25, -0.2) is 0 Å². The van der Waals surface area contributed by atoms with Crippen molar-refractivity contribution >= 4 is 11.9 Å². The van der Waals surface area contributed by atoms with Crippen molar-refractivity contribution in [1.82, 2.24) is 0 Å². The Hall–Kier alpha value is -3.44. The minimum Gasteiger partial charge on any atom is -0.462 e. The standard InChI is InChI=1S/C47H74O5/c1-3-5-7-9-11-13-15-17-19-21-23-25-27-29-31-33-35-37-39-41-46(49)51-44-45(43-48)52-47(50)42-40-38-36-34-32-30-28-26-24-22-20-18-16-14-12-10-8-6-4-2/h11-14,17-20,23-26,29-32,35,37,45,48H,3-10,15-16,21-22,27-28,33-34,36,38-44H2,1-2H3/b13-11-,14-12-,19-17-,20-18-,25-23-,26-24-,31-29-,32-30-,37-35-/t45-/m0/s1. The number of aliphatic hydroxyl groups excluding tert-OH is 1. The van der Waals surface area contributed by atoms with E-state index in [-0.39, 0.29) is 31.6 Å². The van der Waals surface area contributed by atoms with Crippen molar-refractivity contribution in [1.29, 1.82) is 0 Å². The Morgan fingerprint density at radius 1 is 0.442 bits per heavy atom. The highest BCUT2D eigenvalue weighted by Crippen LogP contribution is 2.08. The van der Waals surface area contributed by atoms with Gasteiger partial charge in [-0.2, -0.15) is 0 Å². The highest BCUT2D eigenvalue weighted by molar-refractivity contribution is 5.70. The van der Waals surface area contributed by atoms with Gasteiger partial charge in [0.1, 0.15) is 6.61 Å². The summed E-state index contributed by atoms with van der Waals surface area (Å²) < 4.78 is 10.5. The first-order valence-electron chi connectivity index (χ1n) is 20.4. The molecule has 1 N–H and O–H groups in total. The molecule has 0 bridgehead atoms. The highest BCUT2D eigenvalue weighted by Gasteiger charge is 2.15. The zero-order valence-electron chi connectivity index (χ0n) is 33.0. The lowest BCUT2D eigenvalue weighted by Crippen LogP contribution is -2.28. The van der Waals surface area contributed by atoms with E-state index in [0.717, 1.165) is 70.6 Å². The van der Waals surface area contributed by atoms with Crippen LogP contribution in [0.25, 0.3) is 0 Å². The zero-order valence-corrected chi connectivity index (χ0v) is 33.0. The number of carbonyl (C=O) groups is 2. The summed E-state index contributed by atoms with van der Waals surface area (Å²) in [4.78, 5) is 24.2. The first-order chi connectivity index (χ1) is 25.6. The van der Waals surface area contributed by atoms with E-state index in [9.17, 15) is 14.7 Å². The summed E-state index contributed by atoms with van der Waals surface area (Å²) in [6.07, 6.45) is 60.1. The summed E-state index contributed by atoms with van der Waals surface area (Å²) in [6, 6.07) is 0. The molecular weight excluding hydrogens is 645 g/mol. The van der Waals surface area contributed by atoms with Crippen LogP contribution in [-0.4, -0.2) is 36.4 Å². The molecule has 0 fully saturated rings. The number of hydrogen-bond acceptors (Lipinski definition) is 5. The van der Waals surface area contributed by atoms with Gasteiger partial charge in [-0.3, -0.25) is 9.59 Å². The number of hydrogen-bond donors (Lipinski definition) is 1. The summed E-state index contributed by atoms with van der Waals surface area (Å²) in [7, 11) is 0. The van der Waals surface area contributed by atoms with E-state index in [4.69, 9.17) is 9.47 Å². The Bertz CT molecular complexity index is 1090. The van der Waals surface area contributed by atoms with Crippen LogP contribution in [0.3, 0.4) is 0 Å². The molecular formula is C47H74O5. The van der Waals surface area contributed by atoms with Crippen LogP contribution in [0.15, 0.2) is 109 Å². The van der Waals surface area contributed by atoms with Gasteiger partial charge in [-0.15, -0.1) is 0 Å².